The van der Waals surface area contributed by atoms with E-state index in [0.717, 1.165) is 6.54 Å². The van der Waals surface area contributed by atoms with Crippen LogP contribution in [0.25, 0.3) is 0 Å². The first-order chi connectivity index (χ1) is 4.74. The average Bonchev–Trinajstić information content (AvgIpc) is 2.14. The molecule has 0 aliphatic carbocycles. The highest BCUT2D eigenvalue weighted by molar-refractivity contribution is 5.20. The van der Waals surface area contributed by atoms with Crippen LogP contribution in [0.2, 0.25) is 0 Å². The molecule has 1 aromatic rings. The van der Waals surface area contributed by atoms with Gasteiger partial charge in [0.1, 0.15) is 0 Å². The molecule has 0 saturated heterocycles. The largest absolute Gasteiger partial charge is 0.354 e. The molecule has 0 atom stereocenters. The molecular weight excluding hydrogens is 122 g/mol. The van der Waals surface area contributed by atoms with Gasteiger partial charge < -0.3 is 4.57 Å². The van der Waals surface area contributed by atoms with Crippen LogP contribution in [-0.2, 0) is 6.54 Å². The monoisotopic (exact) mass is 137 g/mol. The summed E-state index contributed by atoms with van der Waals surface area (Å²) in [4.78, 5) is 0. The van der Waals surface area contributed by atoms with Crippen LogP contribution in [-0.4, -0.2) is 4.57 Å². The quantitative estimate of drug-likeness (QED) is 0.590. The van der Waals surface area contributed by atoms with Gasteiger partial charge in [-0.15, -0.1) is 0 Å². The fourth-order valence-corrected chi connectivity index (χ4v) is 1.13. The van der Waals surface area contributed by atoms with Gasteiger partial charge in [-0.25, -0.2) is 0 Å². The molecule has 1 heterocycles. The van der Waals surface area contributed by atoms with Gasteiger partial charge in [0.25, 0.3) is 0 Å². The van der Waals surface area contributed by atoms with Gasteiger partial charge >= 0.3 is 0 Å². The summed E-state index contributed by atoms with van der Waals surface area (Å²) in [5.41, 5.74) is 2.79. The van der Waals surface area contributed by atoms with E-state index < -0.39 is 0 Å². The first-order valence-electron chi connectivity index (χ1n) is 3.87. The lowest BCUT2D eigenvalue weighted by molar-refractivity contribution is 0.681. The standard InChI is InChI=1S/C9H15N/c1-4-5-10-6-8(2)9(3)7-10/h6-7H,4-5H2,1-3H3. The van der Waals surface area contributed by atoms with Gasteiger partial charge in [0.05, 0.1) is 0 Å². The van der Waals surface area contributed by atoms with Gasteiger partial charge in [0.2, 0.25) is 0 Å². The minimum atomic E-state index is 1.15. The van der Waals surface area contributed by atoms with Crippen LogP contribution in [0.3, 0.4) is 0 Å². The van der Waals surface area contributed by atoms with Crippen LogP contribution < -0.4 is 0 Å². The zero-order valence-electron chi connectivity index (χ0n) is 7.02. The molecule has 0 unspecified atom stereocenters. The molecule has 0 amide bonds. The van der Waals surface area contributed by atoms with Crippen LogP contribution in [0.15, 0.2) is 12.4 Å². The van der Waals surface area contributed by atoms with Crippen molar-refractivity contribution in [3.05, 3.63) is 23.5 Å². The number of nitrogens with zero attached hydrogens (tertiary/aromatic N) is 1. The third kappa shape index (κ3) is 1.41. The SMILES string of the molecule is CCCn1cc(C)c(C)c1. The van der Waals surface area contributed by atoms with E-state index in [9.17, 15) is 0 Å². The molecule has 0 fully saturated rings. The summed E-state index contributed by atoms with van der Waals surface area (Å²) in [5.74, 6) is 0. The topological polar surface area (TPSA) is 4.93 Å². The van der Waals surface area contributed by atoms with Crippen molar-refractivity contribution in [2.45, 2.75) is 33.7 Å². The third-order valence-electron chi connectivity index (χ3n) is 1.82. The molecule has 0 radical (unpaired) electrons. The Morgan fingerprint density at radius 3 is 2.10 bits per heavy atom. The molecule has 0 aromatic carbocycles. The van der Waals surface area contributed by atoms with Gasteiger partial charge in [0, 0.05) is 18.9 Å². The average molecular weight is 137 g/mol. The number of rotatable bonds is 2. The maximum Gasteiger partial charge on any atom is 0.0217 e. The lowest BCUT2D eigenvalue weighted by Gasteiger charge is -1.95. The summed E-state index contributed by atoms with van der Waals surface area (Å²) in [6.07, 6.45) is 5.63. The van der Waals surface area contributed by atoms with Gasteiger partial charge in [0.15, 0.2) is 0 Å². The summed E-state index contributed by atoms with van der Waals surface area (Å²) in [7, 11) is 0. The molecule has 1 nitrogen and oxygen atoms in total. The minimum Gasteiger partial charge on any atom is -0.354 e. The Hall–Kier alpha value is -0.720. The van der Waals surface area contributed by atoms with E-state index in [1.807, 2.05) is 0 Å². The second-order valence-electron chi connectivity index (χ2n) is 2.86. The lowest BCUT2D eigenvalue weighted by Crippen LogP contribution is -1.90. The van der Waals surface area contributed by atoms with E-state index in [1.165, 1.54) is 17.5 Å². The number of hydrogen-bond acceptors (Lipinski definition) is 0. The highest BCUT2D eigenvalue weighted by Gasteiger charge is 1.94. The Kier molecular flexibility index (Phi) is 2.15. The van der Waals surface area contributed by atoms with Crippen molar-refractivity contribution >= 4 is 0 Å². The van der Waals surface area contributed by atoms with Crippen molar-refractivity contribution in [2.24, 2.45) is 0 Å². The number of aryl methyl sites for hydroxylation is 3. The highest BCUT2D eigenvalue weighted by atomic mass is 14.9. The van der Waals surface area contributed by atoms with Gasteiger partial charge in [-0.05, 0) is 31.4 Å². The Morgan fingerprint density at radius 1 is 1.20 bits per heavy atom. The van der Waals surface area contributed by atoms with Crippen LogP contribution in [0.1, 0.15) is 24.5 Å². The maximum absolute atomic E-state index is 2.25. The molecule has 10 heavy (non-hydrogen) atoms. The highest BCUT2D eigenvalue weighted by Crippen LogP contribution is 2.07. The van der Waals surface area contributed by atoms with Gasteiger partial charge in [-0.3, -0.25) is 0 Å². The molecule has 1 rings (SSSR count). The maximum atomic E-state index is 2.25. The van der Waals surface area contributed by atoms with E-state index in [0.29, 0.717) is 0 Å². The van der Waals surface area contributed by atoms with Gasteiger partial charge in [-0.2, -0.15) is 0 Å². The van der Waals surface area contributed by atoms with Crippen molar-refractivity contribution < 1.29 is 0 Å². The number of aromatic nitrogens is 1. The van der Waals surface area contributed by atoms with E-state index in [-0.39, 0.29) is 0 Å². The Balaban J connectivity index is 2.77. The van der Waals surface area contributed by atoms with E-state index in [1.54, 1.807) is 0 Å². The van der Waals surface area contributed by atoms with Crippen molar-refractivity contribution in [1.29, 1.82) is 0 Å². The first kappa shape index (κ1) is 7.39. The zero-order chi connectivity index (χ0) is 7.56. The summed E-state index contributed by atoms with van der Waals surface area (Å²) in [6.45, 7) is 7.66. The molecule has 0 saturated carbocycles. The van der Waals surface area contributed by atoms with Crippen molar-refractivity contribution in [2.75, 3.05) is 0 Å². The molecule has 0 aliphatic rings. The Labute approximate surface area is 62.7 Å². The molecule has 56 valence electrons. The predicted octanol–water partition coefficient (Wildman–Crippen LogP) is 2.51. The van der Waals surface area contributed by atoms with E-state index >= 15 is 0 Å². The van der Waals surface area contributed by atoms with E-state index in [4.69, 9.17) is 0 Å². The first-order valence-corrected chi connectivity index (χ1v) is 3.87. The summed E-state index contributed by atoms with van der Waals surface area (Å²) >= 11 is 0. The summed E-state index contributed by atoms with van der Waals surface area (Å²) in [6, 6.07) is 0. The normalized spacial score (nSPS) is 10.3. The van der Waals surface area contributed by atoms with Crippen molar-refractivity contribution in [3.8, 4) is 0 Å². The third-order valence-corrected chi connectivity index (χ3v) is 1.82. The zero-order valence-corrected chi connectivity index (χ0v) is 7.02. The fraction of sp³-hybridized carbons (Fsp3) is 0.556. The second kappa shape index (κ2) is 2.91. The molecule has 1 aromatic heterocycles. The van der Waals surface area contributed by atoms with Crippen molar-refractivity contribution in [3.63, 3.8) is 0 Å². The minimum absolute atomic E-state index is 1.15. The van der Waals surface area contributed by atoms with Crippen LogP contribution in [0.5, 0.6) is 0 Å². The fourth-order valence-electron chi connectivity index (χ4n) is 1.13. The smallest absolute Gasteiger partial charge is 0.0217 e. The summed E-state index contributed by atoms with van der Waals surface area (Å²) < 4.78 is 2.25. The lowest BCUT2D eigenvalue weighted by atomic mass is 10.2. The van der Waals surface area contributed by atoms with E-state index in [2.05, 4.69) is 37.7 Å². The number of hydrogen-bond donors (Lipinski definition) is 0. The summed E-state index contributed by atoms with van der Waals surface area (Å²) in [5, 5.41) is 0. The molecule has 0 N–H and O–H groups in total. The van der Waals surface area contributed by atoms with Crippen LogP contribution >= 0.6 is 0 Å². The van der Waals surface area contributed by atoms with Crippen LogP contribution in [0, 0.1) is 13.8 Å². The Bertz CT molecular complexity index is 191. The second-order valence-corrected chi connectivity index (χ2v) is 2.86. The molecule has 0 aliphatic heterocycles. The predicted molar refractivity (Wildman–Crippen MR) is 44.2 cm³/mol. The molecular formula is C9H15N. The van der Waals surface area contributed by atoms with Gasteiger partial charge in [-0.1, -0.05) is 6.92 Å². The molecule has 0 spiro atoms. The Morgan fingerprint density at radius 2 is 1.70 bits per heavy atom. The van der Waals surface area contributed by atoms with Crippen molar-refractivity contribution in [1.82, 2.24) is 4.57 Å². The van der Waals surface area contributed by atoms with Crippen LogP contribution in [0.4, 0.5) is 0 Å². The molecule has 1 heteroatoms. The molecule has 0 bridgehead atoms.